The Hall–Kier alpha value is -0.520. The molecule has 94 valence electrons. The summed E-state index contributed by atoms with van der Waals surface area (Å²) in [5, 5.41) is 0. The van der Waals surface area contributed by atoms with Crippen LogP contribution in [-0.2, 0) is 10.0 Å². The van der Waals surface area contributed by atoms with Crippen molar-refractivity contribution in [2.75, 3.05) is 18.1 Å². The van der Waals surface area contributed by atoms with Crippen molar-refractivity contribution in [2.24, 2.45) is 0 Å². The SMILES string of the molecule is Cc1ccc(S(=O)(=O)N2CCSC[C@H]2C)cc1. The van der Waals surface area contributed by atoms with Crippen molar-refractivity contribution in [3.8, 4) is 0 Å². The van der Waals surface area contributed by atoms with E-state index in [1.807, 2.05) is 37.7 Å². The first-order valence-electron chi connectivity index (χ1n) is 5.68. The summed E-state index contributed by atoms with van der Waals surface area (Å²) in [6.07, 6.45) is 0. The van der Waals surface area contributed by atoms with Gasteiger partial charge in [0.15, 0.2) is 0 Å². The second-order valence-electron chi connectivity index (χ2n) is 4.35. The van der Waals surface area contributed by atoms with Gasteiger partial charge in [0.1, 0.15) is 0 Å². The molecule has 1 fully saturated rings. The van der Waals surface area contributed by atoms with E-state index in [4.69, 9.17) is 0 Å². The number of hydrogen-bond acceptors (Lipinski definition) is 3. The zero-order chi connectivity index (χ0) is 12.5. The lowest BCUT2D eigenvalue weighted by atomic mass is 10.2. The van der Waals surface area contributed by atoms with Gasteiger partial charge in [-0.15, -0.1) is 0 Å². The lowest BCUT2D eigenvalue weighted by molar-refractivity contribution is 0.367. The van der Waals surface area contributed by atoms with Gasteiger partial charge in [-0.1, -0.05) is 17.7 Å². The lowest BCUT2D eigenvalue weighted by Crippen LogP contribution is -2.44. The molecule has 5 heteroatoms. The number of thioether (sulfide) groups is 1. The van der Waals surface area contributed by atoms with E-state index < -0.39 is 10.0 Å². The fourth-order valence-corrected chi connectivity index (χ4v) is 4.77. The van der Waals surface area contributed by atoms with Crippen LogP contribution in [0.5, 0.6) is 0 Å². The molecule has 0 amide bonds. The third-order valence-electron chi connectivity index (χ3n) is 2.93. The van der Waals surface area contributed by atoms with Crippen LogP contribution in [0.15, 0.2) is 29.2 Å². The second-order valence-corrected chi connectivity index (χ2v) is 7.39. The molecular formula is C12H17NO2S2. The summed E-state index contributed by atoms with van der Waals surface area (Å²) in [7, 11) is -3.31. The summed E-state index contributed by atoms with van der Waals surface area (Å²) in [5.74, 6) is 1.76. The third kappa shape index (κ3) is 2.67. The van der Waals surface area contributed by atoms with E-state index in [0.29, 0.717) is 11.4 Å². The first-order valence-corrected chi connectivity index (χ1v) is 8.27. The van der Waals surface area contributed by atoms with Crippen molar-refractivity contribution in [3.63, 3.8) is 0 Å². The molecular weight excluding hydrogens is 254 g/mol. The summed E-state index contributed by atoms with van der Waals surface area (Å²) in [4.78, 5) is 0.404. The molecule has 1 aromatic carbocycles. The quantitative estimate of drug-likeness (QED) is 0.827. The standard InChI is InChI=1S/C12H17NO2S2/c1-10-3-5-12(6-4-10)17(14,15)13-7-8-16-9-11(13)2/h3-6,11H,7-9H2,1-2H3/t11-/m1/s1. The monoisotopic (exact) mass is 271 g/mol. The molecule has 0 radical (unpaired) electrons. The zero-order valence-corrected chi connectivity index (χ0v) is 11.7. The number of sulfonamides is 1. The second kappa shape index (κ2) is 5.00. The Morgan fingerprint density at radius 2 is 1.94 bits per heavy atom. The van der Waals surface area contributed by atoms with Gasteiger partial charge in [-0.05, 0) is 26.0 Å². The highest BCUT2D eigenvalue weighted by Crippen LogP contribution is 2.24. The molecule has 1 heterocycles. The van der Waals surface area contributed by atoms with E-state index in [-0.39, 0.29) is 6.04 Å². The van der Waals surface area contributed by atoms with Crippen LogP contribution in [0.25, 0.3) is 0 Å². The minimum absolute atomic E-state index is 0.0834. The molecule has 1 atom stereocenters. The molecule has 0 aliphatic carbocycles. The highest BCUT2D eigenvalue weighted by atomic mass is 32.2. The molecule has 0 bridgehead atoms. The maximum Gasteiger partial charge on any atom is 0.243 e. The van der Waals surface area contributed by atoms with Crippen LogP contribution >= 0.6 is 11.8 Å². The van der Waals surface area contributed by atoms with Crippen molar-refractivity contribution in [3.05, 3.63) is 29.8 Å². The van der Waals surface area contributed by atoms with Gasteiger partial charge >= 0.3 is 0 Å². The minimum atomic E-state index is -3.31. The average molecular weight is 271 g/mol. The molecule has 3 nitrogen and oxygen atoms in total. The third-order valence-corrected chi connectivity index (χ3v) is 6.15. The maximum absolute atomic E-state index is 12.4. The van der Waals surface area contributed by atoms with Crippen LogP contribution < -0.4 is 0 Å². The number of aryl methyl sites for hydroxylation is 1. The van der Waals surface area contributed by atoms with Gasteiger partial charge in [-0.2, -0.15) is 16.1 Å². The first kappa shape index (κ1) is 12.9. The van der Waals surface area contributed by atoms with Crippen LogP contribution in [0, 0.1) is 6.92 Å². The molecule has 0 aromatic heterocycles. The van der Waals surface area contributed by atoms with Gasteiger partial charge in [-0.25, -0.2) is 8.42 Å². The smallest absolute Gasteiger partial charge is 0.207 e. The number of nitrogens with zero attached hydrogens (tertiary/aromatic N) is 1. The summed E-state index contributed by atoms with van der Waals surface area (Å²) < 4.78 is 26.5. The first-order chi connectivity index (χ1) is 8.01. The van der Waals surface area contributed by atoms with Crippen LogP contribution in [-0.4, -0.2) is 36.8 Å². The molecule has 1 saturated heterocycles. The molecule has 1 aliphatic rings. The van der Waals surface area contributed by atoms with E-state index >= 15 is 0 Å². The predicted molar refractivity (Wildman–Crippen MR) is 71.9 cm³/mol. The molecule has 1 aliphatic heterocycles. The highest BCUT2D eigenvalue weighted by molar-refractivity contribution is 7.99. The lowest BCUT2D eigenvalue weighted by Gasteiger charge is -2.31. The molecule has 0 saturated carbocycles. The topological polar surface area (TPSA) is 37.4 Å². The van der Waals surface area contributed by atoms with Crippen molar-refractivity contribution < 1.29 is 8.42 Å². The van der Waals surface area contributed by atoms with E-state index in [9.17, 15) is 8.42 Å². The van der Waals surface area contributed by atoms with Crippen molar-refractivity contribution in [1.29, 1.82) is 0 Å². The number of hydrogen-bond donors (Lipinski definition) is 0. The molecule has 0 unspecified atom stereocenters. The fourth-order valence-electron chi connectivity index (χ4n) is 1.91. The largest absolute Gasteiger partial charge is 0.243 e. The van der Waals surface area contributed by atoms with Crippen LogP contribution in [0.2, 0.25) is 0 Å². The normalized spacial score (nSPS) is 22.6. The van der Waals surface area contributed by atoms with Crippen LogP contribution in [0.1, 0.15) is 12.5 Å². The van der Waals surface area contributed by atoms with Gasteiger partial charge in [0.05, 0.1) is 4.90 Å². The fraction of sp³-hybridized carbons (Fsp3) is 0.500. The molecule has 0 spiro atoms. The number of rotatable bonds is 2. The summed E-state index contributed by atoms with van der Waals surface area (Å²) in [5.41, 5.74) is 1.08. The number of benzene rings is 1. The predicted octanol–water partition coefficient (Wildman–Crippen LogP) is 2.12. The van der Waals surface area contributed by atoms with Crippen molar-refractivity contribution in [2.45, 2.75) is 24.8 Å². The van der Waals surface area contributed by atoms with Gasteiger partial charge in [-0.3, -0.25) is 0 Å². The van der Waals surface area contributed by atoms with E-state index in [1.165, 1.54) is 0 Å². The zero-order valence-electron chi connectivity index (χ0n) is 10.1. The Bertz CT molecular complexity index is 482. The van der Waals surface area contributed by atoms with E-state index in [2.05, 4.69) is 0 Å². The summed E-state index contributed by atoms with van der Waals surface area (Å²) >= 11 is 1.81. The van der Waals surface area contributed by atoms with E-state index in [0.717, 1.165) is 17.1 Å². The average Bonchev–Trinajstić information content (AvgIpc) is 2.30. The van der Waals surface area contributed by atoms with Crippen LogP contribution in [0.4, 0.5) is 0 Å². The maximum atomic E-state index is 12.4. The molecule has 1 aromatic rings. The van der Waals surface area contributed by atoms with Crippen molar-refractivity contribution >= 4 is 21.8 Å². The molecule has 17 heavy (non-hydrogen) atoms. The highest BCUT2D eigenvalue weighted by Gasteiger charge is 2.30. The van der Waals surface area contributed by atoms with Gasteiger partial charge < -0.3 is 0 Å². The Balaban J connectivity index is 2.32. The van der Waals surface area contributed by atoms with Gasteiger partial charge in [0, 0.05) is 24.1 Å². The van der Waals surface area contributed by atoms with Gasteiger partial charge in [0.2, 0.25) is 10.0 Å². The summed E-state index contributed by atoms with van der Waals surface area (Å²) in [6.45, 7) is 4.54. The van der Waals surface area contributed by atoms with Crippen molar-refractivity contribution in [1.82, 2.24) is 4.31 Å². The van der Waals surface area contributed by atoms with E-state index in [1.54, 1.807) is 16.4 Å². The summed E-state index contributed by atoms with van der Waals surface area (Å²) in [6, 6.07) is 7.16. The van der Waals surface area contributed by atoms with Gasteiger partial charge in [0.25, 0.3) is 0 Å². The minimum Gasteiger partial charge on any atom is -0.207 e. The Kier molecular flexibility index (Phi) is 3.80. The van der Waals surface area contributed by atoms with Crippen LogP contribution in [0.3, 0.4) is 0 Å². The molecule has 2 rings (SSSR count). The Labute approximate surface area is 107 Å². The molecule has 0 N–H and O–H groups in total. The Morgan fingerprint density at radius 1 is 1.29 bits per heavy atom. The Morgan fingerprint density at radius 3 is 2.53 bits per heavy atom.